The van der Waals surface area contributed by atoms with E-state index >= 15 is 0 Å². The van der Waals surface area contributed by atoms with Gasteiger partial charge < -0.3 is 5.73 Å². The average Bonchev–Trinajstić information content (AvgIpc) is 2.55. The molecule has 1 nitrogen and oxygen atoms in total. The Morgan fingerprint density at radius 1 is 1.08 bits per heavy atom. The average molecular weight is 344 g/mol. The third-order valence-electron chi connectivity index (χ3n) is 5.38. The van der Waals surface area contributed by atoms with Crippen LogP contribution in [0.15, 0.2) is 47.1 Å². The highest BCUT2D eigenvalue weighted by molar-refractivity contribution is 5.36. The Labute approximate surface area is 157 Å². The van der Waals surface area contributed by atoms with Crippen LogP contribution in [0, 0.1) is 5.41 Å². The Bertz CT molecular complexity index is 488. The van der Waals surface area contributed by atoms with Gasteiger partial charge in [0.25, 0.3) is 0 Å². The Balaban J connectivity index is 2.31. The van der Waals surface area contributed by atoms with E-state index in [4.69, 9.17) is 5.73 Å². The number of hydrogen-bond donors (Lipinski definition) is 1. The zero-order valence-corrected chi connectivity index (χ0v) is 17.2. The minimum absolute atomic E-state index is 0.332. The molecule has 0 amide bonds. The first kappa shape index (κ1) is 22.0. The second kappa shape index (κ2) is 12.3. The zero-order chi connectivity index (χ0) is 18.5. The van der Waals surface area contributed by atoms with E-state index in [1.807, 2.05) is 0 Å². The van der Waals surface area contributed by atoms with Gasteiger partial charge >= 0.3 is 0 Å². The van der Waals surface area contributed by atoms with Crippen molar-refractivity contribution in [1.29, 1.82) is 0 Å². The van der Waals surface area contributed by atoms with E-state index in [0.717, 1.165) is 6.54 Å². The molecule has 0 aromatic heterocycles. The van der Waals surface area contributed by atoms with Crippen LogP contribution in [0.2, 0.25) is 0 Å². The van der Waals surface area contributed by atoms with Gasteiger partial charge in [-0.3, -0.25) is 0 Å². The second-order valence-corrected chi connectivity index (χ2v) is 8.30. The lowest BCUT2D eigenvalue weighted by Crippen LogP contribution is -2.19. The van der Waals surface area contributed by atoms with Gasteiger partial charge in [-0.05, 0) is 69.9 Å². The summed E-state index contributed by atoms with van der Waals surface area (Å²) in [5, 5.41) is 0. The van der Waals surface area contributed by atoms with Crippen LogP contribution in [0.4, 0.5) is 0 Å². The summed E-state index contributed by atoms with van der Waals surface area (Å²) < 4.78 is 0. The van der Waals surface area contributed by atoms with Gasteiger partial charge in [0, 0.05) is 0 Å². The quantitative estimate of drug-likeness (QED) is 0.310. The lowest BCUT2D eigenvalue weighted by atomic mass is 9.72. The van der Waals surface area contributed by atoms with Crippen LogP contribution in [0.5, 0.6) is 0 Å². The predicted octanol–water partition coefficient (Wildman–Crippen LogP) is 7.26. The summed E-state index contributed by atoms with van der Waals surface area (Å²) in [6, 6.07) is 0. The molecule has 0 atom stereocenters. The van der Waals surface area contributed by atoms with Gasteiger partial charge in [0.2, 0.25) is 0 Å². The normalized spacial score (nSPS) is 18.7. The van der Waals surface area contributed by atoms with Crippen molar-refractivity contribution >= 4 is 0 Å². The Morgan fingerprint density at radius 3 is 2.44 bits per heavy atom. The smallest absolute Gasteiger partial charge is 0.00773 e. The molecule has 0 fully saturated rings. The first-order chi connectivity index (χ1) is 12.0. The Hall–Kier alpha value is -1.08. The second-order valence-electron chi connectivity index (χ2n) is 8.30. The maximum Gasteiger partial charge on any atom is -0.00773 e. The van der Waals surface area contributed by atoms with Crippen LogP contribution in [0.1, 0.15) is 91.9 Å². The van der Waals surface area contributed by atoms with Crippen molar-refractivity contribution in [2.75, 3.05) is 6.54 Å². The summed E-state index contributed by atoms with van der Waals surface area (Å²) in [5.41, 5.74) is 10.3. The van der Waals surface area contributed by atoms with Gasteiger partial charge in [-0.15, -0.1) is 0 Å². The van der Waals surface area contributed by atoms with E-state index in [0.29, 0.717) is 5.41 Å². The summed E-state index contributed by atoms with van der Waals surface area (Å²) in [6.07, 6.45) is 24.4. The highest BCUT2D eigenvalue weighted by Crippen LogP contribution is 2.40. The molecule has 142 valence electrons. The van der Waals surface area contributed by atoms with Gasteiger partial charge in [-0.1, -0.05) is 81.1 Å². The monoisotopic (exact) mass is 343 g/mol. The molecule has 0 aliphatic heterocycles. The van der Waals surface area contributed by atoms with E-state index in [1.54, 1.807) is 11.1 Å². The third kappa shape index (κ3) is 9.26. The molecule has 0 aromatic carbocycles. The summed E-state index contributed by atoms with van der Waals surface area (Å²) in [7, 11) is 0. The molecular weight excluding hydrogens is 302 g/mol. The standard InChI is InChI=1S/C24H41N/c1-21(15-12-10-8-6-5-7-9-11-13-20-25)17-18-23-22(2)16-14-19-24(23,3)4/h10,12,15,17-18H,5-9,11,13-14,16,19-20,25H2,1-4H3/b12-10+,18-17+,21-15+. The molecule has 0 saturated carbocycles. The zero-order valence-electron chi connectivity index (χ0n) is 17.2. The van der Waals surface area contributed by atoms with Crippen LogP contribution >= 0.6 is 0 Å². The lowest BCUT2D eigenvalue weighted by Gasteiger charge is -2.32. The number of allylic oxidation sites excluding steroid dienone is 8. The maximum atomic E-state index is 5.51. The van der Waals surface area contributed by atoms with Crippen molar-refractivity contribution in [3.8, 4) is 0 Å². The topological polar surface area (TPSA) is 26.0 Å². The van der Waals surface area contributed by atoms with Gasteiger partial charge in [-0.2, -0.15) is 0 Å². The van der Waals surface area contributed by atoms with Crippen molar-refractivity contribution in [3.63, 3.8) is 0 Å². The fourth-order valence-corrected chi connectivity index (χ4v) is 3.71. The maximum absolute atomic E-state index is 5.51. The van der Waals surface area contributed by atoms with Crippen LogP contribution < -0.4 is 5.73 Å². The van der Waals surface area contributed by atoms with Crippen LogP contribution in [0.3, 0.4) is 0 Å². The molecule has 25 heavy (non-hydrogen) atoms. The van der Waals surface area contributed by atoms with Gasteiger partial charge in [0.05, 0.1) is 0 Å². The molecule has 1 heteroatoms. The van der Waals surface area contributed by atoms with E-state index in [2.05, 4.69) is 58.1 Å². The highest BCUT2D eigenvalue weighted by atomic mass is 14.5. The molecule has 0 bridgehead atoms. The van der Waals surface area contributed by atoms with Crippen molar-refractivity contribution in [2.24, 2.45) is 11.1 Å². The van der Waals surface area contributed by atoms with Crippen molar-refractivity contribution in [3.05, 3.63) is 47.1 Å². The first-order valence-electron chi connectivity index (χ1n) is 10.4. The molecule has 0 spiro atoms. The highest BCUT2D eigenvalue weighted by Gasteiger charge is 2.26. The van der Waals surface area contributed by atoms with Gasteiger partial charge in [0.1, 0.15) is 0 Å². The molecule has 0 radical (unpaired) electrons. The minimum Gasteiger partial charge on any atom is -0.330 e. The van der Waals surface area contributed by atoms with Crippen molar-refractivity contribution in [2.45, 2.75) is 91.9 Å². The van der Waals surface area contributed by atoms with Crippen molar-refractivity contribution in [1.82, 2.24) is 0 Å². The molecular formula is C24H41N. The number of unbranched alkanes of at least 4 members (excludes halogenated alkanes) is 6. The van der Waals surface area contributed by atoms with Crippen LogP contribution in [0.25, 0.3) is 0 Å². The minimum atomic E-state index is 0.332. The Morgan fingerprint density at radius 2 is 1.76 bits per heavy atom. The summed E-state index contributed by atoms with van der Waals surface area (Å²) >= 11 is 0. The molecule has 1 rings (SSSR count). The molecule has 0 saturated heterocycles. The third-order valence-corrected chi connectivity index (χ3v) is 5.38. The summed E-state index contributed by atoms with van der Waals surface area (Å²) in [6.45, 7) is 10.1. The van der Waals surface area contributed by atoms with E-state index in [-0.39, 0.29) is 0 Å². The summed E-state index contributed by atoms with van der Waals surface area (Å²) in [4.78, 5) is 0. The molecule has 0 heterocycles. The van der Waals surface area contributed by atoms with Crippen LogP contribution in [-0.4, -0.2) is 6.54 Å². The molecule has 2 N–H and O–H groups in total. The van der Waals surface area contributed by atoms with Crippen molar-refractivity contribution < 1.29 is 0 Å². The van der Waals surface area contributed by atoms with Crippen LogP contribution in [-0.2, 0) is 0 Å². The first-order valence-corrected chi connectivity index (χ1v) is 10.4. The number of rotatable bonds is 11. The molecule has 0 unspecified atom stereocenters. The predicted molar refractivity (Wildman–Crippen MR) is 114 cm³/mol. The van der Waals surface area contributed by atoms with E-state index in [9.17, 15) is 0 Å². The molecule has 0 aromatic rings. The largest absolute Gasteiger partial charge is 0.330 e. The van der Waals surface area contributed by atoms with E-state index < -0.39 is 0 Å². The summed E-state index contributed by atoms with van der Waals surface area (Å²) in [5.74, 6) is 0. The van der Waals surface area contributed by atoms with Gasteiger partial charge in [0.15, 0.2) is 0 Å². The Kier molecular flexibility index (Phi) is 10.8. The molecule has 1 aliphatic carbocycles. The lowest BCUT2D eigenvalue weighted by molar-refractivity contribution is 0.377. The number of hydrogen-bond acceptors (Lipinski definition) is 1. The van der Waals surface area contributed by atoms with Gasteiger partial charge in [-0.25, -0.2) is 0 Å². The fourth-order valence-electron chi connectivity index (χ4n) is 3.71. The van der Waals surface area contributed by atoms with E-state index in [1.165, 1.54) is 69.8 Å². The molecule has 1 aliphatic rings. The fraction of sp³-hybridized carbons (Fsp3) is 0.667. The number of nitrogens with two attached hydrogens (primary N) is 1. The SMILES string of the molecule is CC1=C(/C=C/C(C)=C/C=C/CCCCCCCCN)C(C)(C)CCC1.